The van der Waals surface area contributed by atoms with E-state index < -0.39 is 9.84 Å². The van der Waals surface area contributed by atoms with Gasteiger partial charge in [-0.3, -0.25) is 4.79 Å². The number of nitrogens with one attached hydrogen (secondary N) is 1. The zero-order valence-electron chi connectivity index (χ0n) is 10.5. The van der Waals surface area contributed by atoms with Crippen molar-refractivity contribution in [3.05, 3.63) is 29.8 Å². The second kappa shape index (κ2) is 6.80. The van der Waals surface area contributed by atoms with Crippen molar-refractivity contribution in [2.75, 3.05) is 24.8 Å². The molecule has 0 bridgehead atoms. The van der Waals surface area contributed by atoms with Gasteiger partial charge in [0.1, 0.15) is 0 Å². The number of rotatable bonds is 6. The van der Waals surface area contributed by atoms with E-state index >= 15 is 0 Å². The van der Waals surface area contributed by atoms with Gasteiger partial charge in [-0.05, 0) is 30.4 Å². The quantitative estimate of drug-likeness (QED) is 0.851. The van der Waals surface area contributed by atoms with Crippen LogP contribution in [0, 0.1) is 0 Å². The lowest BCUT2D eigenvalue weighted by molar-refractivity contribution is -0.118. The van der Waals surface area contributed by atoms with Crippen molar-refractivity contribution in [3.8, 4) is 0 Å². The first-order valence-electron chi connectivity index (χ1n) is 5.48. The van der Waals surface area contributed by atoms with Crippen molar-refractivity contribution in [3.63, 3.8) is 0 Å². The summed E-state index contributed by atoms with van der Waals surface area (Å²) in [5.41, 5.74) is 1.01. The molecule has 0 radical (unpaired) electrons. The maximum atomic E-state index is 11.3. The lowest BCUT2D eigenvalue weighted by atomic mass is 10.1. The van der Waals surface area contributed by atoms with Crippen LogP contribution in [-0.4, -0.2) is 39.1 Å². The summed E-state index contributed by atoms with van der Waals surface area (Å²) >= 11 is 1.48. The van der Waals surface area contributed by atoms with Crippen LogP contribution in [0.2, 0.25) is 0 Å². The molecule has 100 valence electrons. The van der Waals surface area contributed by atoms with E-state index in [4.69, 9.17) is 0 Å². The number of carbonyl (C=O) groups excluding carboxylic acids is 1. The molecule has 0 spiro atoms. The maximum absolute atomic E-state index is 11.3. The van der Waals surface area contributed by atoms with E-state index in [-0.39, 0.29) is 5.91 Å². The van der Waals surface area contributed by atoms with E-state index in [1.807, 2.05) is 6.26 Å². The monoisotopic (exact) mass is 287 g/mol. The van der Waals surface area contributed by atoms with Crippen molar-refractivity contribution < 1.29 is 13.2 Å². The molecule has 0 aromatic heterocycles. The Morgan fingerprint density at radius 3 is 2.39 bits per heavy atom. The predicted molar refractivity (Wildman–Crippen MR) is 74.6 cm³/mol. The summed E-state index contributed by atoms with van der Waals surface area (Å²) in [7, 11) is -3.13. The standard InChI is InChI=1S/C12H17NO3S2/c1-17-9-12(14)13-8-7-10-3-5-11(6-4-10)18(2,15)16/h3-6H,7-9H2,1-2H3,(H,13,14). The van der Waals surface area contributed by atoms with Crippen LogP contribution in [0.4, 0.5) is 0 Å². The van der Waals surface area contributed by atoms with Gasteiger partial charge in [-0.25, -0.2) is 8.42 Å². The van der Waals surface area contributed by atoms with Crippen molar-refractivity contribution in [2.24, 2.45) is 0 Å². The number of benzene rings is 1. The Bertz CT molecular complexity index is 495. The van der Waals surface area contributed by atoms with Gasteiger partial charge in [0.2, 0.25) is 5.91 Å². The summed E-state index contributed by atoms with van der Waals surface area (Å²) in [4.78, 5) is 11.5. The molecule has 1 aromatic carbocycles. The van der Waals surface area contributed by atoms with E-state index in [0.29, 0.717) is 23.6 Å². The van der Waals surface area contributed by atoms with Crippen molar-refractivity contribution in [1.82, 2.24) is 5.32 Å². The number of sulfone groups is 1. The Kier molecular flexibility index (Phi) is 5.68. The fraction of sp³-hybridized carbons (Fsp3) is 0.417. The van der Waals surface area contributed by atoms with Gasteiger partial charge in [-0.15, -0.1) is 0 Å². The second-order valence-corrected chi connectivity index (χ2v) is 6.83. The highest BCUT2D eigenvalue weighted by Crippen LogP contribution is 2.10. The summed E-state index contributed by atoms with van der Waals surface area (Å²) in [6, 6.07) is 6.73. The topological polar surface area (TPSA) is 63.2 Å². The highest BCUT2D eigenvalue weighted by atomic mass is 32.2. The van der Waals surface area contributed by atoms with E-state index in [0.717, 1.165) is 5.56 Å². The maximum Gasteiger partial charge on any atom is 0.229 e. The number of carbonyl (C=O) groups is 1. The third kappa shape index (κ3) is 5.10. The minimum absolute atomic E-state index is 0.0234. The van der Waals surface area contributed by atoms with E-state index in [9.17, 15) is 13.2 Å². The predicted octanol–water partition coefficient (Wildman–Crippen LogP) is 1.11. The molecule has 0 fully saturated rings. The van der Waals surface area contributed by atoms with Crippen LogP contribution in [0.3, 0.4) is 0 Å². The van der Waals surface area contributed by atoms with Crippen LogP contribution >= 0.6 is 11.8 Å². The highest BCUT2D eigenvalue weighted by molar-refractivity contribution is 7.99. The van der Waals surface area contributed by atoms with Gasteiger partial charge < -0.3 is 5.32 Å². The summed E-state index contributed by atoms with van der Waals surface area (Å²) in [6.45, 7) is 0.567. The molecule has 0 saturated carbocycles. The van der Waals surface area contributed by atoms with Gasteiger partial charge in [0.15, 0.2) is 9.84 Å². The molecule has 0 saturated heterocycles. The van der Waals surface area contributed by atoms with Crippen LogP contribution in [0.15, 0.2) is 29.2 Å². The molecule has 0 heterocycles. The average Bonchev–Trinajstić information content (AvgIpc) is 2.29. The first-order valence-corrected chi connectivity index (χ1v) is 8.76. The second-order valence-electron chi connectivity index (χ2n) is 3.95. The summed E-state index contributed by atoms with van der Waals surface area (Å²) in [5.74, 6) is 0.489. The molecule has 0 unspecified atom stereocenters. The molecule has 1 rings (SSSR count). The first-order chi connectivity index (χ1) is 8.43. The van der Waals surface area contributed by atoms with E-state index in [2.05, 4.69) is 5.32 Å². The molecule has 18 heavy (non-hydrogen) atoms. The van der Waals surface area contributed by atoms with Gasteiger partial charge >= 0.3 is 0 Å². The molecular weight excluding hydrogens is 270 g/mol. The molecule has 0 aliphatic heterocycles. The first kappa shape index (κ1) is 15.0. The Balaban J connectivity index is 2.47. The van der Waals surface area contributed by atoms with Crippen molar-refractivity contribution >= 4 is 27.5 Å². The third-order valence-electron chi connectivity index (χ3n) is 2.36. The van der Waals surface area contributed by atoms with Gasteiger partial charge in [0.05, 0.1) is 10.6 Å². The Morgan fingerprint density at radius 1 is 1.28 bits per heavy atom. The Morgan fingerprint density at radius 2 is 1.89 bits per heavy atom. The zero-order valence-corrected chi connectivity index (χ0v) is 12.1. The van der Waals surface area contributed by atoms with Crippen LogP contribution in [0.1, 0.15) is 5.56 Å². The molecular formula is C12H17NO3S2. The lowest BCUT2D eigenvalue weighted by Crippen LogP contribution is -2.27. The van der Waals surface area contributed by atoms with Crippen molar-refractivity contribution in [2.45, 2.75) is 11.3 Å². The normalized spacial score (nSPS) is 11.2. The number of amides is 1. The van der Waals surface area contributed by atoms with Gasteiger partial charge in [-0.2, -0.15) is 11.8 Å². The smallest absolute Gasteiger partial charge is 0.229 e. The van der Waals surface area contributed by atoms with Gasteiger partial charge in [0, 0.05) is 12.8 Å². The SMILES string of the molecule is CSCC(=O)NCCc1ccc(S(C)(=O)=O)cc1. The third-order valence-corrected chi connectivity index (χ3v) is 4.04. The molecule has 1 aromatic rings. The van der Waals surface area contributed by atoms with Crippen LogP contribution in [0.25, 0.3) is 0 Å². The molecule has 1 amide bonds. The molecule has 0 aliphatic carbocycles. The number of hydrogen-bond acceptors (Lipinski definition) is 4. The highest BCUT2D eigenvalue weighted by Gasteiger charge is 2.06. The minimum atomic E-state index is -3.13. The van der Waals surface area contributed by atoms with Crippen LogP contribution in [0.5, 0.6) is 0 Å². The largest absolute Gasteiger partial charge is 0.355 e. The summed E-state index contributed by atoms with van der Waals surface area (Å²) in [6.07, 6.45) is 3.76. The fourth-order valence-corrected chi connectivity index (χ4v) is 2.43. The number of thioether (sulfide) groups is 1. The molecule has 4 nitrogen and oxygen atoms in total. The summed E-state index contributed by atoms with van der Waals surface area (Å²) < 4.78 is 22.5. The van der Waals surface area contributed by atoms with E-state index in [1.165, 1.54) is 18.0 Å². The molecule has 0 atom stereocenters. The zero-order chi connectivity index (χ0) is 13.6. The van der Waals surface area contributed by atoms with Crippen LogP contribution in [-0.2, 0) is 21.1 Å². The van der Waals surface area contributed by atoms with Crippen molar-refractivity contribution in [1.29, 1.82) is 0 Å². The molecule has 0 aliphatic rings. The lowest BCUT2D eigenvalue weighted by Gasteiger charge is -2.05. The number of hydrogen-bond donors (Lipinski definition) is 1. The Hall–Kier alpha value is -1.01. The molecule has 6 heteroatoms. The Labute approximate surface area is 112 Å². The molecule has 1 N–H and O–H groups in total. The van der Waals surface area contributed by atoms with E-state index in [1.54, 1.807) is 24.3 Å². The van der Waals surface area contributed by atoms with Crippen LogP contribution < -0.4 is 5.32 Å². The minimum Gasteiger partial charge on any atom is -0.355 e. The fourth-order valence-electron chi connectivity index (χ4n) is 1.43. The van der Waals surface area contributed by atoms with Gasteiger partial charge in [0.25, 0.3) is 0 Å². The average molecular weight is 287 g/mol. The summed E-state index contributed by atoms with van der Waals surface area (Å²) in [5, 5.41) is 2.80. The van der Waals surface area contributed by atoms with Gasteiger partial charge in [-0.1, -0.05) is 12.1 Å².